The van der Waals surface area contributed by atoms with Crippen molar-refractivity contribution in [2.24, 2.45) is 5.92 Å². The molecule has 0 aliphatic carbocycles. The van der Waals surface area contributed by atoms with Crippen LogP contribution in [0.1, 0.15) is 43.8 Å². The van der Waals surface area contributed by atoms with Gasteiger partial charge in [0.1, 0.15) is 0 Å². The van der Waals surface area contributed by atoms with E-state index < -0.39 is 0 Å². The molecule has 2 aromatic heterocycles. The zero-order valence-electron chi connectivity index (χ0n) is 11.8. The van der Waals surface area contributed by atoms with Crippen LogP contribution in [0.2, 0.25) is 0 Å². The van der Waals surface area contributed by atoms with Gasteiger partial charge in [-0.2, -0.15) is 0 Å². The van der Waals surface area contributed by atoms with Gasteiger partial charge < -0.3 is 5.32 Å². The van der Waals surface area contributed by atoms with Gasteiger partial charge in [0.15, 0.2) is 4.96 Å². The second kappa shape index (κ2) is 5.85. The van der Waals surface area contributed by atoms with E-state index >= 15 is 0 Å². The van der Waals surface area contributed by atoms with E-state index in [0.29, 0.717) is 0 Å². The first-order chi connectivity index (χ1) is 8.59. The Labute approximate surface area is 113 Å². The molecule has 0 spiro atoms. The maximum absolute atomic E-state index is 4.60. The maximum Gasteiger partial charge on any atom is 0.194 e. The molecule has 4 heteroatoms. The highest BCUT2D eigenvalue weighted by molar-refractivity contribution is 7.15. The average molecular weight is 265 g/mol. The lowest BCUT2D eigenvalue weighted by Crippen LogP contribution is -2.17. The molecule has 0 saturated carbocycles. The minimum absolute atomic E-state index is 0.800. The molecule has 100 valence electrons. The lowest BCUT2D eigenvalue weighted by molar-refractivity contribution is 0.525. The first-order valence-electron chi connectivity index (χ1n) is 6.72. The molecule has 3 nitrogen and oxygen atoms in total. The van der Waals surface area contributed by atoms with Gasteiger partial charge in [0.25, 0.3) is 0 Å². The summed E-state index contributed by atoms with van der Waals surface area (Å²) >= 11 is 1.72. The number of thiazole rings is 1. The Morgan fingerprint density at radius 2 is 2.17 bits per heavy atom. The molecule has 0 radical (unpaired) electrons. The number of rotatable bonds is 6. The van der Waals surface area contributed by atoms with Gasteiger partial charge in [-0.25, -0.2) is 4.98 Å². The number of aromatic nitrogens is 2. The molecule has 2 aromatic rings. The summed E-state index contributed by atoms with van der Waals surface area (Å²) < 4.78 is 2.27. The topological polar surface area (TPSA) is 29.3 Å². The molecule has 0 atom stereocenters. The van der Waals surface area contributed by atoms with Gasteiger partial charge in [-0.3, -0.25) is 4.40 Å². The summed E-state index contributed by atoms with van der Waals surface area (Å²) in [5.74, 6) is 0.800. The Balaban J connectivity index is 1.94. The van der Waals surface area contributed by atoms with Crippen LogP contribution in [0, 0.1) is 19.8 Å². The fourth-order valence-corrected chi connectivity index (χ4v) is 3.15. The van der Waals surface area contributed by atoms with Crippen LogP contribution in [-0.2, 0) is 6.54 Å². The zero-order chi connectivity index (χ0) is 13.1. The van der Waals surface area contributed by atoms with E-state index in [1.54, 1.807) is 11.3 Å². The minimum Gasteiger partial charge on any atom is -0.311 e. The van der Waals surface area contributed by atoms with Crippen LogP contribution in [0.3, 0.4) is 0 Å². The molecule has 0 aliphatic rings. The van der Waals surface area contributed by atoms with Crippen LogP contribution in [0.15, 0.2) is 5.38 Å². The lowest BCUT2D eigenvalue weighted by atomic mass is 10.1. The van der Waals surface area contributed by atoms with E-state index in [0.717, 1.165) is 29.7 Å². The summed E-state index contributed by atoms with van der Waals surface area (Å²) in [6.07, 6.45) is 2.55. The molecule has 0 unspecified atom stereocenters. The van der Waals surface area contributed by atoms with Crippen molar-refractivity contribution >= 4 is 16.3 Å². The van der Waals surface area contributed by atoms with Crippen LogP contribution < -0.4 is 5.32 Å². The molecule has 0 aliphatic heterocycles. The SMILES string of the molecule is Cc1nc2scc(C)n2c1CNCCCC(C)C. The highest BCUT2D eigenvalue weighted by Gasteiger charge is 2.11. The summed E-state index contributed by atoms with van der Waals surface area (Å²) in [7, 11) is 0. The van der Waals surface area contributed by atoms with E-state index in [-0.39, 0.29) is 0 Å². The molecule has 0 amide bonds. The van der Waals surface area contributed by atoms with Gasteiger partial charge in [0.05, 0.1) is 11.4 Å². The molecule has 0 saturated heterocycles. The highest BCUT2D eigenvalue weighted by Crippen LogP contribution is 2.20. The van der Waals surface area contributed by atoms with Crippen LogP contribution in [0.4, 0.5) is 0 Å². The zero-order valence-corrected chi connectivity index (χ0v) is 12.6. The summed E-state index contributed by atoms with van der Waals surface area (Å²) in [5.41, 5.74) is 3.75. The van der Waals surface area contributed by atoms with Gasteiger partial charge in [0, 0.05) is 17.6 Å². The van der Waals surface area contributed by atoms with E-state index in [1.807, 2.05) is 0 Å². The first kappa shape index (κ1) is 13.6. The van der Waals surface area contributed by atoms with E-state index in [4.69, 9.17) is 0 Å². The second-order valence-corrected chi connectivity index (χ2v) is 6.19. The molecular formula is C14H23N3S. The quantitative estimate of drug-likeness (QED) is 0.810. The van der Waals surface area contributed by atoms with Crippen molar-refractivity contribution < 1.29 is 0 Å². The third-order valence-corrected chi connectivity index (χ3v) is 4.20. The predicted molar refractivity (Wildman–Crippen MR) is 78.3 cm³/mol. The molecule has 0 bridgehead atoms. The number of hydrogen-bond donors (Lipinski definition) is 1. The van der Waals surface area contributed by atoms with Gasteiger partial charge >= 0.3 is 0 Å². The third-order valence-electron chi connectivity index (χ3n) is 3.26. The van der Waals surface area contributed by atoms with E-state index in [2.05, 4.69) is 47.8 Å². The monoisotopic (exact) mass is 265 g/mol. The normalized spacial score (nSPS) is 11.8. The van der Waals surface area contributed by atoms with Crippen molar-refractivity contribution in [1.82, 2.24) is 14.7 Å². The van der Waals surface area contributed by atoms with Crippen LogP contribution in [0.5, 0.6) is 0 Å². The Kier molecular flexibility index (Phi) is 4.40. The summed E-state index contributed by atoms with van der Waals surface area (Å²) in [6, 6.07) is 0. The molecule has 18 heavy (non-hydrogen) atoms. The third kappa shape index (κ3) is 2.93. The van der Waals surface area contributed by atoms with Crippen molar-refractivity contribution in [1.29, 1.82) is 0 Å². The molecule has 0 aromatic carbocycles. The number of hydrogen-bond acceptors (Lipinski definition) is 3. The van der Waals surface area contributed by atoms with E-state index in [9.17, 15) is 0 Å². The largest absolute Gasteiger partial charge is 0.311 e. The number of nitrogens with zero attached hydrogens (tertiary/aromatic N) is 2. The Morgan fingerprint density at radius 1 is 1.39 bits per heavy atom. The number of nitrogens with one attached hydrogen (secondary N) is 1. The fourth-order valence-electron chi connectivity index (χ4n) is 2.22. The van der Waals surface area contributed by atoms with Gasteiger partial charge in [-0.15, -0.1) is 11.3 Å². The van der Waals surface area contributed by atoms with Crippen molar-refractivity contribution in [3.8, 4) is 0 Å². The summed E-state index contributed by atoms with van der Waals surface area (Å²) in [4.78, 5) is 5.72. The van der Waals surface area contributed by atoms with Crippen LogP contribution >= 0.6 is 11.3 Å². The van der Waals surface area contributed by atoms with Crippen LogP contribution in [-0.4, -0.2) is 15.9 Å². The number of imidazole rings is 1. The van der Waals surface area contributed by atoms with Gasteiger partial charge in [-0.05, 0) is 39.2 Å². The number of fused-ring (bicyclic) bond motifs is 1. The molecular weight excluding hydrogens is 242 g/mol. The van der Waals surface area contributed by atoms with Crippen molar-refractivity contribution in [2.75, 3.05) is 6.54 Å². The van der Waals surface area contributed by atoms with Gasteiger partial charge in [0.2, 0.25) is 0 Å². The Morgan fingerprint density at radius 3 is 2.89 bits per heavy atom. The Bertz CT molecular complexity index is 510. The molecule has 0 fully saturated rings. The highest BCUT2D eigenvalue weighted by atomic mass is 32.1. The lowest BCUT2D eigenvalue weighted by Gasteiger charge is -2.07. The predicted octanol–water partition coefficient (Wildman–Crippen LogP) is 3.54. The van der Waals surface area contributed by atoms with Crippen molar-refractivity contribution in [3.05, 3.63) is 22.5 Å². The standard InChI is InChI=1S/C14H23N3S/c1-10(2)6-5-7-15-8-13-12(4)16-14-17(13)11(3)9-18-14/h9-10,15H,5-8H2,1-4H3. The van der Waals surface area contributed by atoms with Crippen molar-refractivity contribution in [3.63, 3.8) is 0 Å². The van der Waals surface area contributed by atoms with Crippen LogP contribution in [0.25, 0.3) is 4.96 Å². The fraction of sp³-hybridized carbons (Fsp3) is 0.643. The average Bonchev–Trinajstić information content (AvgIpc) is 2.79. The van der Waals surface area contributed by atoms with Crippen molar-refractivity contribution in [2.45, 2.75) is 47.1 Å². The molecule has 2 heterocycles. The van der Waals surface area contributed by atoms with Gasteiger partial charge in [-0.1, -0.05) is 13.8 Å². The summed E-state index contributed by atoms with van der Waals surface area (Å²) in [5, 5.41) is 5.71. The Hall–Kier alpha value is -0.870. The second-order valence-electron chi connectivity index (χ2n) is 5.35. The minimum atomic E-state index is 0.800. The summed E-state index contributed by atoms with van der Waals surface area (Å²) in [6.45, 7) is 10.8. The smallest absolute Gasteiger partial charge is 0.194 e. The number of aryl methyl sites for hydroxylation is 2. The molecule has 1 N–H and O–H groups in total. The van der Waals surface area contributed by atoms with E-state index in [1.165, 1.54) is 24.2 Å². The maximum atomic E-state index is 4.60. The first-order valence-corrected chi connectivity index (χ1v) is 7.60. The molecule has 2 rings (SSSR count).